The molecule has 0 fully saturated rings. The first-order chi connectivity index (χ1) is 9.40. The molecule has 0 heterocycles. The number of nitro benzene ring substituents is 1. The smallest absolute Gasteiger partial charge is 0.311 e. The van der Waals surface area contributed by atoms with E-state index in [4.69, 9.17) is 11.6 Å². The van der Waals surface area contributed by atoms with Crippen LogP contribution in [0, 0.1) is 27.6 Å². The highest BCUT2D eigenvalue weighted by Crippen LogP contribution is 2.34. The summed E-state index contributed by atoms with van der Waals surface area (Å²) in [5.41, 5.74) is -0.681. The number of nitro groups is 1. The second kappa shape index (κ2) is 5.38. The molecule has 8 heteroatoms. The van der Waals surface area contributed by atoms with Gasteiger partial charge in [-0.3, -0.25) is 10.1 Å². The molecule has 0 aliphatic carbocycles. The van der Waals surface area contributed by atoms with E-state index in [0.29, 0.717) is 12.1 Å². The van der Waals surface area contributed by atoms with Crippen molar-refractivity contribution >= 4 is 28.7 Å². The third kappa shape index (κ3) is 2.67. The molecule has 2 aromatic carbocycles. The summed E-state index contributed by atoms with van der Waals surface area (Å²) >= 11 is 5.69. The minimum absolute atomic E-state index is 0.0621. The largest absolute Gasteiger partial charge is 0.350 e. The zero-order chi connectivity index (χ0) is 14.9. The Morgan fingerprint density at radius 3 is 2.30 bits per heavy atom. The summed E-state index contributed by atoms with van der Waals surface area (Å²) in [5.74, 6) is -4.43. The highest BCUT2D eigenvalue weighted by Gasteiger charge is 2.19. The number of halogens is 4. The second-order valence-electron chi connectivity index (χ2n) is 3.77. The number of benzene rings is 2. The van der Waals surface area contributed by atoms with E-state index in [1.54, 1.807) is 0 Å². The average molecular weight is 303 g/mol. The molecule has 2 aromatic rings. The molecule has 1 N–H and O–H groups in total. The molecule has 0 atom stereocenters. The molecule has 4 nitrogen and oxygen atoms in total. The maximum atomic E-state index is 13.1. The first-order valence-corrected chi connectivity index (χ1v) is 5.62. The van der Waals surface area contributed by atoms with Crippen LogP contribution in [0.2, 0.25) is 5.02 Å². The average Bonchev–Trinajstić information content (AvgIpc) is 2.35. The van der Waals surface area contributed by atoms with Crippen molar-refractivity contribution in [1.29, 1.82) is 0 Å². The van der Waals surface area contributed by atoms with Gasteiger partial charge in [0.2, 0.25) is 0 Å². The van der Waals surface area contributed by atoms with Gasteiger partial charge in [0, 0.05) is 17.8 Å². The van der Waals surface area contributed by atoms with E-state index in [-0.39, 0.29) is 16.4 Å². The zero-order valence-electron chi connectivity index (χ0n) is 9.66. The van der Waals surface area contributed by atoms with E-state index in [0.717, 1.165) is 0 Å². The van der Waals surface area contributed by atoms with Crippen molar-refractivity contribution in [3.05, 3.63) is 62.9 Å². The van der Waals surface area contributed by atoms with Gasteiger partial charge in [0.1, 0.15) is 10.7 Å². The number of nitrogens with one attached hydrogen (secondary N) is 1. The first kappa shape index (κ1) is 14.1. The normalized spacial score (nSPS) is 10.4. The van der Waals surface area contributed by atoms with Crippen LogP contribution < -0.4 is 5.32 Å². The van der Waals surface area contributed by atoms with Gasteiger partial charge in [0.15, 0.2) is 17.5 Å². The fraction of sp³-hybridized carbons (Fsp3) is 0. The lowest BCUT2D eigenvalue weighted by Crippen LogP contribution is -2.00. The number of hydrogen-bond donors (Lipinski definition) is 1. The van der Waals surface area contributed by atoms with Gasteiger partial charge in [-0.15, -0.1) is 0 Å². The van der Waals surface area contributed by atoms with Crippen LogP contribution in [0.15, 0.2) is 30.3 Å². The molecule has 0 saturated heterocycles. The first-order valence-electron chi connectivity index (χ1n) is 5.24. The number of rotatable bonds is 3. The van der Waals surface area contributed by atoms with Crippen molar-refractivity contribution in [2.45, 2.75) is 0 Å². The summed E-state index contributed by atoms with van der Waals surface area (Å²) in [5, 5.41) is 13.2. The lowest BCUT2D eigenvalue weighted by atomic mass is 10.2. The molecule has 2 rings (SSSR count). The fourth-order valence-corrected chi connectivity index (χ4v) is 1.83. The molecule has 0 aliphatic heterocycles. The predicted molar refractivity (Wildman–Crippen MR) is 67.7 cm³/mol. The second-order valence-corrected chi connectivity index (χ2v) is 4.18. The Bertz CT molecular complexity index is 671. The highest BCUT2D eigenvalue weighted by molar-refractivity contribution is 6.33. The third-order valence-electron chi connectivity index (χ3n) is 2.43. The van der Waals surface area contributed by atoms with Crippen LogP contribution in [0.4, 0.5) is 30.2 Å². The van der Waals surface area contributed by atoms with Crippen LogP contribution in [0.1, 0.15) is 0 Å². The van der Waals surface area contributed by atoms with Crippen LogP contribution in [0.25, 0.3) is 0 Å². The van der Waals surface area contributed by atoms with Gasteiger partial charge in [-0.1, -0.05) is 17.7 Å². The fourth-order valence-electron chi connectivity index (χ4n) is 1.58. The molecule has 104 valence electrons. The number of para-hydroxylation sites is 1. The summed E-state index contributed by atoms with van der Waals surface area (Å²) in [4.78, 5) is 10.2. The molecular weight excluding hydrogens is 297 g/mol. The molecule has 0 bridgehead atoms. The lowest BCUT2D eigenvalue weighted by Gasteiger charge is -2.08. The zero-order valence-corrected chi connectivity index (χ0v) is 10.4. The van der Waals surface area contributed by atoms with E-state index in [9.17, 15) is 23.3 Å². The lowest BCUT2D eigenvalue weighted by molar-refractivity contribution is -0.383. The molecule has 0 spiro atoms. The Balaban J connectivity index is 2.45. The molecule has 0 saturated carbocycles. The van der Waals surface area contributed by atoms with E-state index < -0.39 is 28.1 Å². The third-order valence-corrected chi connectivity index (χ3v) is 2.74. The summed E-state index contributed by atoms with van der Waals surface area (Å²) in [6.45, 7) is 0. The molecule has 0 amide bonds. The van der Waals surface area contributed by atoms with Crippen molar-refractivity contribution in [2.75, 3.05) is 5.32 Å². The number of anilines is 2. The Labute approximate surface area is 115 Å². The van der Waals surface area contributed by atoms with Gasteiger partial charge in [-0.25, -0.2) is 13.2 Å². The molecule has 0 aromatic heterocycles. The van der Waals surface area contributed by atoms with Crippen molar-refractivity contribution in [3.63, 3.8) is 0 Å². The van der Waals surface area contributed by atoms with Gasteiger partial charge in [-0.2, -0.15) is 0 Å². The van der Waals surface area contributed by atoms with Crippen LogP contribution in [0.3, 0.4) is 0 Å². The summed E-state index contributed by atoms with van der Waals surface area (Å²) in [7, 11) is 0. The SMILES string of the molecule is O=[N+]([O-])c1c(Cl)cccc1Nc1cc(F)c(F)c(F)c1. The van der Waals surface area contributed by atoms with Crippen LogP contribution in [-0.4, -0.2) is 4.92 Å². The Hall–Kier alpha value is -2.28. The Kier molecular flexibility index (Phi) is 3.80. The predicted octanol–water partition coefficient (Wildman–Crippen LogP) is 4.41. The van der Waals surface area contributed by atoms with Crippen LogP contribution in [-0.2, 0) is 0 Å². The minimum Gasteiger partial charge on any atom is -0.350 e. The van der Waals surface area contributed by atoms with Crippen molar-refractivity contribution in [2.24, 2.45) is 0 Å². The maximum Gasteiger partial charge on any atom is 0.311 e. The highest BCUT2D eigenvalue weighted by atomic mass is 35.5. The Morgan fingerprint density at radius 1 is 1.15 bits per heavy atom. The van der Waals surface area contributed by atoms with Crippen LogP contribution >= 0.6 is 11.6 Å². The maximum absolute atomic E-state index is 13.1. The van der Waals surface area contributed by atoms with E-state index in [1.807, 2.05) is 0 Å². The molecule has 0 unspecified atom stereocenters. The number of nitrogens with zero attached hydrogens (tertiary/aromatic N) is 1. The monoisotopic (exact) mass is 302 g/mol. The summed E-state index contributed by atoms with van der Waals surface area (Å²) in [6, 6.07) is 5.40. The van der Waals surface area contributed by atoms with E-state index >= 15 is 0 Å². The van der Waals surface area contributed by atoms with Crippen LogP contribution in [0.5, 0.6) is 0 Å². The Morgan fingerprint density at radius 2 is 1.75 bits per heavy atom. The van der Waals surface area contributed by atoms with Crippen molar-refractivity contribution in [3.8, 4) is 0 Å². The van der Waals surface area contributed by atoms with Crippen molar-refractivity contribution in [1.82, 2.24) is 0 Å². The standard InChI is InChI=1S/C12H6ClF3N2O2/c13-7-2-1-3-10(12(7)18(19)20)17-6-4-8(14)11(16)9(15)5-6/h1-5,17H. The minimum atomic E-state index is -1.61. The van der Waals surface area contributed by atoms with Gasteiger partial charge in [-0.05, 0) is 12.1 Å². The quantitative estimate of drug-likeness (QED) is 0.519. The molecule has 20 heavy (non-hydrogen) atoms. The van der Waals surface area contributed by atoms with E-state index in [2.05, 4.69) is 5.32 Å². The molecule has 0 aliphatic rings. The molecular formula is C12H6ClF3N2O2. The van der Waals surface area contributed by atoms with Gasteiger partial charge in [0.25, 0.3) is 0 Å². The summed E-state index contributed by atoms with van der Waals surface area (Å²) in [6.07, 6.45) is 0. The topological polar surface area (TPSA) is 55.2 Å². The van der Waals surface area contributed by atoms with Gasteiger partial charge in [0.05, 0.1) is 4.92 Å². The number of hydrogen-bond acceptors (Lipinski definition) is 3. The van der Waals surface area contributed by atoms with Gasteiger partial charge >= 0.3 is 5.69 Å². The van der Waals surface area contributed by atoms with E-state index in [1.165, 1.54) is 18.2 Å². The van der Waals surface area contributed by atoms with Gasteiger partial charge < -0.3 is 5.32 Å². The molecule has 0 radical (unpaired) electrons. The van der Waals surface area contributed by atoms with Crippen molar-refractivity contribution < 1.29 is 18.1 Å². The summed E-state index contributed by atoms with van der Waals surface area (Å²) < 4.78 is 38.9.